The summed E-state index contributed by atoms with van der Waals surface area (Å²) >= 11 is 0. The predicted molar refractivity (Wildman–Crippen MR) is 198 cm³/mol. The Balaban J connectivity index is 1.38. The van der Waals surface area contributed by atoms with Crippen molar-refractivity contribution in [3.05, 3.63) is 170 Å². The third kappa shape index (κ3) is 5.21. The first-order valence-electron chi connectivity index (χ1n) is 16.0. The van der Waals surface area contributed by atoms with Crippen molar-refractivity contribution in [2.75, 3.05) is 9.13 Å². The maximum atomic E-state index is 5.31. The molecule has 0 radical (unpaired) electrons. The van der Waals surface area contributed by atoms with Crippen molar-refractivity contribution in [3.8, 4) is 44.8 Å². The first kappa shape index (κ1) is 28.7. The molecule has 1 aliphatic heterocycles. The molecule has 7 aromatic rings. The van der Waals surface area contributed by atoms with Crippen molar-refractivity contribution in [3.63, 3.8) is 0 Å². The summed E-state index contributed by atoms with van der Waals surface area (Å²) in [7, 11) is -2.54. The lowest BCUT2D eigenvalue weighted by Crippen LogP contribution is -2.54. The van der Waals surface area contributed by atoms with Gasteiger partial charge in [0, 0.05) is 11.1 Å². The summed E-state index contributed by atoms with van der Waals surface area (Å²) in [5.41, 5.74) is 11.2. The monoisotopic (exact) mass is 622 g/mol. The van der Waals surface area contributed by atoms with Crippen LogP contribution in [0.3, 0.4) is 0 Å². The van der Waals surface area contributed by atoms with Crippen LogP contribution < -0.4 is 9.13 Å². The highest BCUT2D eigenvalue weighted by atomic mass is 28.3. The molecule has 0 bridgehead atoms. The molecule has 2 aromatic heterocycles. The topological polar surface area (TPSA) is 32.3 Å². The average molecular weight is 623 g/mol. The summed E-state index contributed by atoms with van der Waals surface area (Å²) in [6, 6.07) is 59.8. The molecule has 226 valence electrons. The second kappa shape index (κ2) is 11.9. The Morgan fingerprint density at radius 2 is 0.723 bits per heavy atom. The molecular formula is C42H34N4Si. The van der Waals surface area contributed by atoms with Crippen molar-refractivity contribution in [2.45, 2.75) is 13.1 Å². The van der Waals surface area contributed by atoms with Crippen LogP contribution in [0.1, 0.15) is 0 Å². The minimum atomic E-state index is -2.54. The van der Waals surface area contributed by atoms with E-state index in [-0.39, 0.29) is 0 Å². The summed E-state index contributed by atoms with van der Waals surface area (Å²) in [5, 5.41) is 0. The number of fused-ring (bicyclic) bond motifs is 1. The second-order valence-corrected chi connectivity index (χ2v) is 16.2. The largest absolute Gasteiger partial charge is 0.333 e. The number of aromatic nitrogens is 2. The normalized spacial score (nSPS) is 13.4. The first-order valence-corrected chi connectivity index (χ1v) is 18.9. The summed E-state index contributed by atoms with van der Waals surface area (Å²) in [4.78, 5) is 10.6. The standard InChI is InChI=1S/C42H34N4Si/c1-47(2)45(41-27-15-25-37(43-41)33-21-11-5-12-22-33)39-29-35(31-17-7-3-8-18-31)36(32-19-9-4-10-20-32)30-40(39)46(47)42-28-16-26-38(44-42)34-23-13-6-14-24-34/h3-30H,1-2H3. The van der Waals surface area contributed by atoms with Gasteiger partial charge in [0.05, 0.1) is 22.8 Å². The lowest BCUT2D eigenvalue weighted by Gasteiger charge is -2.37. The minimum absolute atomic E-state index is 0.942. The maximum absolute atomic E-state index is 5.31. The van der Waals surface area contributed by atoms with Crippen LogP contribution in [0, 0.1) is 0 Å². The van der Waals surface area contributed by atoms with Crippen LogP contribution in [-0.4, -0.2) is 18.4 Å². The minimum Gasteiger partial charge on any atom is -0.333 e. The molecule has 0 amide bonds. The predicted octanol–water partition coefficient (Wildman–Crippen LogP) is 11.1. The van der Waals surface area contributed by atoms with E-state index in [1.807, 2.05) is 12.1 Å². The molecule has 8 rings (SSSR count). The van der Waals surface area contributed by atoms with Gasteiger partial charge in [0.1, 0.15) is 11.6 Å². The van der Waals surface area contributed by atoms with Gasteiger partial charge in [0.2, 0.25) is 0 Å². The molecule has 0 fully saturated rings. The van der Waals surface area contributed by atoms with Gasteiger partial charge < -0.3 is 9.13 Å². The van der Waals surface area contributed by atoms with Crippen LogP contribution in [0.25, 0.3) is 44.8 Å². The fourth-order valence-electron chi connectivity index (χ4n) is 6.78. The van der Waals surface area contributed by atoms with Gasteiger partial charge in [-0.3, -0.25) is 0 Å². The third-order valence-electron chi connectivity index (χ3n) is 8.93. The van der Waals surface area contributed by atoms with E-state index in [0.29, 0.717) is 0 Å². The van der Waals surface area contributed by atoms with E-state index in [1.54, 1.807) is 0 Å². The van der Waals surface area contributed by atoms with Crippen molar-refractivity contribution < 1.29 is 0 Å². The number of rotatable bonds is 6. The van der Waals surface area contributed by atoms with Crippen molar-refractivity contribution in [1.29, 1.82) is 0 Å². The maximum Gasteiger partial charge on any atom is 0.269 e. The van der Waals surface area contributed by atoms with Crippen LogP contribution in [0.2, 0.25) is 13.1 Å². The van der Waals surface area contributed by atoms with Crippen LogP contribution in [0.4, 0.5) is 23.0 Å². The number of anilines is 4. The summed E-state index contributed by atoms with van der Waals surface area (Å²) in [5.74, 6) is 1.88. The zero-order valence-corrected chi connectivity index (χ0v) is 27.5. The Hall–Kier alpha value is -5.78. The molecule has 0 atom stereocenters. The molecule has 0 saturated carbocycles. The Bertz CT molecular complexity index is 2010. The van der Waals surface area contributed by atoms with Crippen LogP contribution >= 0.6 is 0 Å². The van der Waals surface area contributed by atoms with Crippen molar-refractivity contribution in [1.82, 2.24) is 9.97 Å². The zero-order valence-electron chi connectivity index (χ0n) is 26.5. The van der Waals surface area contributed by atoms with E-state index in [4.69, 9.17) is 9.97 Å². The summed E-state index contributed by atoms with van der Waals surface area (Å²) < 4.78 is 5.01. The van der Waals surface area contributed by atoms with Gasteiger partial charge in [-0.15, -0.1) is 0 Å². The lowest BCUT2D eigenvalue weighted by atomic mass is 9.93. The number of nitrogens with zero attached hydrogens (tertiary/aromatic N) is 4. The summed E-state index contributed by atoms with van der Waals surface area (Å²) in [6.45, 7) is 4.79. The SMILES string of the molecule is C[Si]1(C)N(c2cccc(-c3ccccc3)n2)c2cc(-c3ccccc3)c(-c3ccccc3)cc2N1c1cccc(-c2ccccc2)n1. The molecule has 0 N–H and O–H groups in total. The molecule has 5 heteroatoms. The molecule has 0 saturated heterocycles. The molecule has 0 unspecified atom stereocenters. The van der Waals surface area contributed by atoms with E-state index >= 15 is 0 Å². The van der Waals surface area contributed by atoms with Gasteiger partial charge in [-0.25, -0.2) is 9.97 Å². The number of benzene rings is 5. The van der Waals surface area contributed by atoms with Gasteiger partial charge in [-0.2, -0.15) is 0 Å². The van der Waals surface area contributed by atoms with Gasteiger partial charge in [-0.1, -0.05) is 133 Å². The molecule has 4 nitrogen and oxygen atoms in total. The summed E-state index contributed by atoms with van der Waals surface area (Å²) in [6.07, 6.45) is 0. The molecule has 3 heterocycles. The van der Waals surface area contributed by atoms with E-state index < -0.39 is 8.40 Å². The Morgan fingerprint density at radius 1 is 0.383 bits per heavy atom. The lowest BCUT2D eigenvalue weighted by molar-refractivity contribution is 1.19. The highest BCUT2D eigenvalue weighted by Crippen LogP contribution is 2.53. The highest BCUT2D eigenvalue weighted by molar-refractivity contribution is 6.88. The molecule has 0 aliphatic carbocycles. The second-order valence-electron chi connectivity index (χ2n) is 12.3. The Morgan fingerprint density at radius 3 is 1.09 bits per heavy atom. The zero-order chi connectivity index (χ0) is 31.8. The van der Waals surface area contributed by atoms with E-state index in [0.717, 1.165) is 45.5 Å². The quantitative estimate of drug-likeness (QED) is 0.173. The van der Waals surface area contributed by atoms with Crippen molar-refractivity contribution >= 4 is 31.4 Å². The number of hydrogen-bond acceptors (Lipinski definition) is 4. The van der Waals surface area contributed by atoms with Gasteiger partial charge in [0.15, 0.2) is 0 Å². The van der Waals surface area contributed by atoms with E-state index in [1.165, 1.54) is 22.3 Å². The fraction of sp³-hybridized carbons (Fsp3) is 0.0476. The Labute approximate surface area is 277 Å². The molecular weight excluding hydrogens is 589 g/mol. The van der Waals surface area contributed by atoms with Gasteiger partial charge in [-0.05, 0) is 71.7 Å². The molecule has 0 spiro atoms. The smallest absolute Gasteiger partial charge is 0.269 e. The first-order chi connectivity index (χ1) is 23.1. The molecule has 1 aliphatic rings. The van der Waals surface area contributed by atoms with Crippen molar-refractivity contribution in [2.24, 2.45) is 0 Å². The Kier molecular flexibility index (Phi) is 7.24. The number of hydrogen-bond donors (Lipinski definition) is 0. The third-order valence-corrected chi connectivity index (χ3v) is 12.1. The van der Waals surface area contributed by atoms with Crippen LogP contribution in [-0.2, 0) is 0 Å². The van der Waals surface area contributed by atoms with Gasteiger partial charge >= 0.3 is 0 Å². The average Bonchev–Trinajstić information content (AvgIpc) is 3.37. The number of pyridine rings is 2. The van der Waals surface area contributed by atoms with Crippen LogP contribution in [0.5, 0.6) is 0 Å². The van der Waals surface area contributed by atoms with Crippen LogP contribution in [0.15, 0.2) is 170 Å². The molecule has 5 aromatic carbocycles. The van der Waals surface area contributed by atoms with Gasteiger partial charge in [0.25, 0.3) is 8.40 Å². The fourth-order valence-corrected chi connectivity index (χ4v) is 9.89. The molecule has 47 heavy (non-hydrogen) atoms. The highest BCUT2D eigenvalue weighted by Gasteiger charge is 2.48. The van der Waals surface area contributed by atoms with E-state index in [9.17, 15) is 0 Å². The van der Waals surface area contributed by atoms with E-state index in [2.05, 4.69) is 180 Å².